The molecule has 0 amide bonds. The van der Waals surface area contributed by atoms with Crippen LogP contribution in [0.3, 0.4) is 0 Å². The normalized spacial score (nSPS) is 25.7. The van der Waals surface area contributed by atoms with Gasteiger partial charge in [0.2, 0.25) is 0 Å². The Kier molecular flexibility index (Phi) is 4.72. The van der Waals surface area contributed by atoms with Crippen LogP contribution in [0.15, 0.2) is 18.2 Å². The van der Waals surface area contributed by atoms with E-state index < -0.39 is 11.6 Å². The Morgan fingerprint density at radius 1 is 1.14 bits per heavy atom. The minimum atomic E-state index is -0.473. The third kappa shape index (κ3) is 3.63. The first-order valence-electron chi connectivity index (χ1n) is 7.94. The molecule has 1 aromatic rings. The van der Waals surface area contributed by atoms with Crippen LogP contribution in [-0.2, 0) is 5.41 Å². The Morgan fingerprint density at radius 3 is 2.19 bits per heavy atom. The van der Waals surface area contributed by atoms with E-state index in [0.29, 0.717) is 5.92 Å². The predicted octanol–water partition coefficient (Wildman–Crippen LogP) is 4.66. The molecule has 0 saturated heterocycles. The Hall–Kier alpha value is -0.960. The van der Waals surface area contributed by atoms with Crippen molar-refractivity contribution in [2.24, 2.45) is 11.3 Å². The molecular weight excluding hydrogens is 268 g/mol. The number of rotatable bonds is 5. The van der Waals surface area contributed by atoms with Gasteiger partial charge in [-0.05, 0) is 54.8 Å². The molecule has 1 N–H and O–H groups in total. The van der Waals surface area contributed by atoms with Gasteiger partial charge in [0, 0.05) is 18.0 Å². The second kappa shape index (κ2) is 6.04. The van der Waals surface area contributed by atoms with Crippen LogP contribution in [0.1, 0.15) is 52.5 Å². The lowest BCUT2D eigenvalue weighted by Crippen LogP contribution is -2.52. The van der Waals surface area contributed by atoms with Crippen LogP contribution in [0.4, 0.5) is 8.78 Å². The smallest absolute Gasteiger partial charge is 0.126 e. The second-order valence-corrected chi connectivity index (χ2v) is 7.59. The molecule has 0 heterocycles. The van der Waals surface area contributed by atoms with Gasteiger partial charge in [0.05, 0.1) is 0 Å². The van der Waals surface area contributed by atoms with Gasteiger partial charge in [0.15, 0.2) is 0 Å². The zero-order chi connectivity index (χ0) is 15.7. The van der Waals surface area contributed by atoms with Crippen LogP contribution in [0.5, 0.6) is 0 Å². The molecule has 21 heavy (non-hydrogen) atoms. The van der Waals surface area contributed by atoms with E-state index >= 15 is 0 Å². The summed E-state index contributed by atoms with van der Waals surface area (Å²) in [5.74, 6) is -0.342. The van der Waals surface area contributed by atoms with E-state index in [1.54, 1.807) is 0 Å². The summed E-state index contributed by atoms with van der Waals surface area (Å²) in [7, 11) is 0. The van der Waals surface area contributed by atoms with Crippen molar-refractivity contribution < 1.29 is 8.78 Å². The molecular formula is C18H27F2N. The summed E-state index contributed by atoms with van der Waals surface area (Å²) >= 11 is 0. The van der Waals surface area contributed by atoms with Crippen LogP contribution >= 0.6 is 0 Å². The average molecular weight is 295 g/mol. The summed E-state index contributed by atoms with van der Waals surface area (Å²) in [6, 6.07) is 3.97. The van der Waals surface area contributed by atoms with Gasteiger partial charge in [-0.15, -0.1) is 0 Å². The molecule has 0 atom stereocenters. The summed E-state index contributed by atoms with van der Waals surface area (Å²) < 4.78 is 27.2. The summed E-state index contributed by atoms with van der Waals surface area (Å²) in [5, 5.41) is 3.44. The molecule has 3 heteroatoms. The van der Waals surface area contributed by atoms with Crippen LogP contribution in [0, 0.1) is 23.0 Å². The van der Waals surface area contributed by atoms with Crippen molar-refractivity contribution in [2.75, 3.05) is 13.1 Å². The van der Waals surface area contributed by atoms with Gasteiger partial charge < -0.3 is 5.32 Å². The predicted molar refractivity (Wildman–Crippen MR) is 83.4 cm³/mol. The van der Waals surface area contributed by atoms with Gasteiger partial charge in [-0.25, -0.2) is 8.78 Å². The number of hydrogen-bond donors (Lipinski definition) is 1. The molecule has 0 radical (unpaired) electrons. The van der Waals surface area contributed by atoms with E-state index in [4.69, 9.17) is 0 Å². The maximum absolute atomic E-state index is 13.6. The summed E-state index contributed by atoms with van der Waals surface area (Å²) in [6.45, 7) is 10.6. The lowest BCUT2D eigenvalue weighted by Gasteiger charge is -2.53. The largest absolute Gasteiger partial charge is 0.316 e. The zero-order valence-electron chi connectivity index (χ0n) is 13.6. The van der Waals surface area contributed by atoms with E-state index in [1.807, 2.05) is 0 Å². The van der Waals surface area contributed by atoms with Crippen LogP contribution < -0.4 is 5.32 Å². The van der Waals surface area contributed by atoms with Crippen LogP contribution in [0.2, 0.25) is 0 Å². The van der Waals surface area contributed by atoms with E-state index in [9.17, 15) is 8.78 Å². The van der Waals surface area contributed by atoms with E-state index in [0.717, 1.165) is 44.0 Å². The first kappa shape index (κ1) is 16.4. The van der Waals surface area contributed by atoms with Crippen LogP contribution in [0.25, 0.3) is 0 Å². The Morgan fingerprint density at radius 2 is 1.71 bits per heavy atom. The minimum absolute atomic E-state index is 0.115. The van der Waals surface area contributed by atoms with Gasteiger partial charge in [0.25, 0.3) is 0 Å². The van der Waals surface area contributed by atoms with Gasteiger partial charge in [-0.2, -0.15) is 0 Å². The van der Waals surface area contributed by atoms with Gasteiger partial charge in [-0.1, -0.05) is 27.7 Å². The zero-order valence-corrected chi connectivity index (χ0v) is 13.6. The third-order valence-electron chi connectivity index (χ3n) is 4.86. The quantitative estimate of drug-likeness (QED) is 0.779. The first-order valence-corrected chi connectivity index (χ1v) is 7.94. The molecule has 0 aromatic heterocycles. The number of benzene rings is 1. The highest BCUT2D eigenvalue weighted by molar-refractivity contribution is 5.31. The van der Waals surface area contributed by atoms with Crippen molar-refractivity contribution in [3.05, 3.63) is 35.4 Å². The number of halogens is 2. The molecule has 1 nitrogen and oxygen atoms in total. The monoisotopic (exact) mass is 295 g/mol. The van der Waals surface area contributed by atoms with E-state index in [1.165, 1.54) is 12.1 Å². The molecule has 0 spiro atoms. The topological polar surface area (TPSA) is 12.0 Å². The van der Waals surface area contributed by atoms with Crippen molar-refractivity contribution in [3.8, 4) is 0 Å². The fourth-order valence-electron chi connectivity index (χ4n) is 3.34. The lowest BCUT2D eigenvalue weighted by atomic mass is 9.52. The minimum Gasteiger partial charge on any atom is -0.316 e. The fourth-order valence-corrected chi connectivity index (χ4v) is 3.34. The summed E-state index contributed by atoms with van der Waals surface area (Å²) in [6.07, 6.45) is 3.06. The van der Waals surface area contributed by atoms with E-state index in [-0.39, 0.29) is 10.8 Å². The van der Waals surface area contributed by atoms with Crippen molar-refractivity contribution in [3.63, 3.8) is 0 Å². The molecule has 1 aromatic carbocycles. The Labute approximate surface area is 127 Å². The standard InChI is InChI=1S/C18H27F2N/c1-5-6-21-12-18(10-14(11-18)17(2,3)4)13-7-15(19)9-16(20)8-13/h7-9,14,21H,5-6,10-12H2,1-4H3. The molecule has 1 aliphatic carbocycles. The lowest BCUT2D eigenvalue weighted by molar-refractivity contribution is 0.0446. The summed E-state index contributed by atoms with van der Waals surface area (Å²) in [4.78, 5) is 0. The SMILES string of the molecule is CCCNCC1(c2cc(F)cc(F)c2)CC(C(C)(C)C)C1. The second-order valence-electron chi connectivity index (χ2n) is 7.59. The molecule has 1 fully saturated rings. The molecule has 0 bridgehead atoms. The number of nitrogens with one attached hydrogen (secondary N) is 1. The van der Waals surface area contributed by atoms with Crippen molar-refractivity contribution in [1.29, 1.82) is 0 Å². The van der Waals surface area contributed by atoms with Crippen molar-refractivity contribution in [1.82, 2.24) is 5.32 Å². The van der Waals surface area contributed by atoms with Gasteiger partial charge in [0.1, 0.15) is 11.6 Å². The molecule has 1 saturated carbocycles. The maximum Gasteiger partial charge on any atom is 0.126 e. The summed E-state index contributed by atoms with van der Waals surface area (Å²) in [5.41, 5.74) is 0.944. The van der Waals surface area contributed by atoms with Crippen molar-refractivity contribution >= 4 is 0 Å². The third-order valence-corrected chi connectivity index (χ3v) is 4.86. The Bertz CT molecular complexity index is 464. The maximum atomic E-state index is 13.6. The first-order chi connectivity index (χ1) is 9.77. The van der Waals surface area contributed by atoms with Crippen LogP contribution in [-0.4, -0.2) is 13.1 Å². The van der Waals surface area contributed by atoms with Gasteiger partial charge in [-0.3, -0.25) is 0 Å². The Balaban J connectivity index is 2.21. The van der Waals surface area contributed by atoms with E-state index in [2.05, 4.69) is 33.0 Å². The molecule has 118 valence electrons. The highest BCUT2D eigenvalue weighted by Gasteiger charge is 2.49. The van der Waals surface area contributed by atoms with Gasteiger partial charge >= 0.3 is 0 Å². The average Bonchev–Trinajstić information content (AvgIpc) is 2.29. The molecule has 0 unspecified atom stereocenters. The number of hydrogen-bond acceptors (Lipinski definition) is 1. The molecule has 0 aliphatic heterocycles. The molecule has 1 aliphatic rings. The van der Waals surface area contributed by atoms with Crippen molar-refractivity contribution in [2.45, 2.75) is 52.4 Å². The highest BCUT2D eigenvalue weighted by atomic mass is 19.1. The highest BCUT2D eigenvalue weighted by Crippen LogP contribution is 2.54. The molecule has 2 rings (SSSR count). The fraction of sp³-hybridized carbons (Fsp3) is 0.667.